The highest BCUT2D eigenvalue weighted by molar-refractivity contribution is 5.84. The number of carbonyl (C=O) groups is 1. The monoisotopic (exact) mass is 338 g/mol. The lowest BCUT2D eigenvalue weighted by molar-refractivity contribution is -0.149. The van der Waals surface area contributed by atoms with Gasteiger partial charge in [0.2, 0.25) is 11.9 Å². The Morgan fingerprint density at radius 2 is 2.16 bits per heavy atom. The third-order valence-corrected chi connectivity index (χ3v) is 6.56. The first-order chi connectivity index (χ1) is 12.1. The van der Waals surface area contributed by atoms with Crippen LogP contribution in [0.15, 0.2) is 24.5 Å². The summed E-state index contributed by atoms with van der Waals surface area (Å²) in [6.07, 6.45) is 6.92. The van der Waals surface area contributed by atoms with Crippen LogP contribution in [0.4, 0.5) is 5.95 Å². The molecule has 3 unspecified atom stereocenters. The van der Waals surface area contributed by atoms with Crippen LogP contribution in [0.2, 0.25) is 0 Å². The highest BCUT2D eigenvalue weighted by atomic mass is 16.2. The minimum absolute atomic E-state index is 0.0113. The number of hydrogen-bond donors (Lipinski definition) is 1. The molecule has 2 N–H and O–H groups in total. The zero-order valence-electron chi connectivity index (χ0n) is 14.3. The van der Waals surface area contributed by atoms with Crippen LogP contribution in [0.3, 0.4) is 0 Å². The number of nitrogens with two attached hydrogens (primary N) is 1. The van der Waals surface area contributed by atoms with Crippen LogP contribution in [-0.2, 0) is 17.3 Å². The number of aromatic nitrogens is 4. The van der Waals surface area contributed by atoms with Gasteiger partial charge in [-0.15, -0.1) is 0 Å². The van der Waals surface area contributed by atoms with E-state index in [2.05, 4.69) is 21.1 Å². The molecule has 3 heterocycles. The van der Waals surface area contributed by atoms with Gasteiger partial charge in [-0.2, -0.15) is 5.10 Å². The molecule has 3 saturated carbocycles. The lowest BCUT2D eigenvalue weighted by atomic mass is 9.57. The van der Waals surface area contributed by atoms with Crippen LogP contribution in [0.1, 0.15) is 36.6 Å². The zero-order valence-corrected chi connectivity index (χ0v) is 14.3. The lowest BCUT2D eigenvalue weighted by Crippen LogP contribution is -2.59. The highest BCUT2D eigenvalue weighted by Crippen LogP contribution is 2.64. The van der Waals surface area contributed by atoms with Crippen LogP contribution >= 0.6 is 0 Å². The molecule has 2 bridgehead atoms. The molecule has 0 radical (unpaired) electrons. The molecule has 7 nitrogen and oxygen atoms in total. The minimum Gasteiger partial charge on any atom is -0.368 e. The molecule has 2 aromatic rings. The van der Waals surface area contributed by atoms with E-state index in [0.717, 1.165) is 38.0 Å². The van der Waals surface area contributed by atoms with E-state index in [9.17, 15) is 4.79 Å². The van der Waals surface area contributed by atoms with Crippen molar-refractivity contribution in [3.63, 3.8) is 0 Å². The fourth-order valence-corrected chi connectivity index (χ4v) is 5.32. The SMILES string of the molecule is Cn1nccc1C12CCC(C1)C2C(=O)N1CC(c2ccnc(N)n2)C1. The largest absolute Gasteiger partial charge is 0.368 e. The Hall–Kier alpha value is -2.44. The van der Waals surface area contributed by atoms with Crippen molar-refractivity contribution in [2.75, 3.05) is 18.8 Å². The Kier molecular flexibility index (Phi) is 2.99. The van der Waals surface area contributed by atoms with Gasteiger partial charge in [0.1, 0.15) is 0 Å². The number of hydrogen-bond acceptors (Lipinski definition) is 5. The van der Waals surface area contributed by atoms with Gasteiger partial charge in [0.25, 0.3) is 0 Å². The van der Waals surface area contributed by atoms with Crippen LogP contribution in [0, 0.1) is 11.8 Å². The molecule has 4 fully saturated rings. The molecule has 130 valence electrons. The molecule has 25 heavy (non-hydrogen) atoms. The molecule has 0 aromatic carbocycles. The quantitative estimate of drug-likeness (QED) is 0.905. The van der Waals surface area contributed by atoms with Crippen LogP contribution in [0.5, 0.6) is 0 Å². The first-order valence-electron chi connectivity index (χ1n) is 8.94. The third kappa shape index (κ3) is 1.98. The first-order valence-corrected chi connectivity index (χ1v) is 8.94. The average Bonchev–Trinajstić information content (AvgIpc) is 3.20. The molecular formula is C18H22N6O. The number of rotatable bonds is 3. The summed E-state index contributed by atoms with van der Waals surface area (Å²) < 4.78 is 1.95. The second-order valence-corrected chi connectivity index (χ2v) is 7.76. The van der Waals surface area contributed by atoms with Gasteiger partial charge in [0, 0.05) is 49.6 Å². The van der Waals surface area contributed by atoms with Crippen molar-refractivity contribution in [1.29, 1.82) is 0 Å². The maximum atomic E-state index is 13.2. The Morgan fingerprint density at radius 1 is 1.32 bits per heavy atom. The fraction of sp³-hybridized carbons (Fsp3) is 0.556. The highest BCUT2D eigenvalue weighted by Gasteiger charge is 2.64. The average molecular weight is 338 g/mol. The number of fused-ring (bicyclic) bond motifs is 1. The fourth-order valence-electron chi connectivity index (χ4n) is 5.32. The maximum absolute atomic E-state index is 13.2. The molecule has 6 rings (SSSR count). The van der Waals surface area contributed by atoms with Gasteiger partial charge in [-0.3, -0.25) is 9.48 Å². The van der Waals surface area contributed by atoms with E-state index >= 15 is 0 Å². The van der Waals surface area contributed by atoms with Crippen molar-refractivity contribution in [3.8, 4) is 0 Å². The van der Waals surface area contributed by atoms with Gasteiger partial charge in [-0.1, -0.05) is 0 Å². The summed E-state index contributed by atoms with van der Waals surface area (Å²) in [5.74, 6) is 1.55. The topological polar surface area (TPSA) is 89.9 Å². The molecular weight excluding hydrogens is 316 g/mol. The van der Waals surface area contributed by atoms with E-state index in [1.165, 1.54) is 5.69 Å². The number of nitrogen functional groups attached to an aromatic ring is 1. The second kappa shape index (κ2) is 5.03. The standard InChI is InChI=1S/C18H22N6O/c1-23-14(4-7-21-23)18-5-2-11(8-18)15(18)16(25)24-9-12(10-24)13-3-6-20-17(19)22-13/h3-4,6-7,11-12,15H,2,5,8-10H2,1H3,(H2,19,20,22). The van der Waals surface area contributed by atoms with Crippen molar-refractivity contribution in [2.24, 2.45) is 18.9 Å². The van der Waals surface area contributed by atoms with E-state index in [-0.39, 0.29) is 17.3 Å². The van der Waals surface area contributed by atoms with Gasteiger partial charge >= 0.3 is 0 Å². The number of amides is 1. The van der Waals surface area contributed by atoms with E-state index in [0.29, 0.717) is 17.8 Å². The van der Waals surface area contributed by atoms with Crippen molar-refractivity contribution >= 4 is 11.9 Å². The normalized spacial score (nSPS) is 30.8. The summed E-state index contributed by atoms with van der Waals surface area (Å²) in [6, 6.07) is 3.98. The lowest BCUT2D eigenvalue weighted by Gasteiger charge is -2.50. The maximum Gasteiger partial charge on any atom is 0.226 e. The zero-order chi connectivity index (χ0) is 17.2. The molecule has 1 aliphatic heterocycles. The molecule has 7 heteroatoms. The predicted octanol–water partition coefficient (Wildman–Crippen LogP) is 1.09. The van der Waals surface area contributed by atoms with E-state index in [4.69, 9.17) is 5.73 Å². The van der Waals surface area contributed by atoms with E-state index in [1.807, 2.05) is 28.9 Å². The summed E-state index contributed by atoms with van der Waals surface area (Å²) in [5.41, 5.74) is 7.84. The van der Waals surface area contributed by atoms with Gasteiger partial charge in [0.15, 0.2) is 0 Å². The summed E-state index contributed by atoms with van der Waals surface area (Å²) in [6.45, 7) is 1.47. The Bertz CT molecular complexity index is 838. The number of carbonyl (C=O) groups excluding carboxylic acids is 1. The van der Waals surface area contributed by atoms with E-state index < -0.39 is 0 Å². The predicted molar refractivity (Wildman–Crippen MR) is 91.5 cm³/mol. The van der Waals surface area contributed by atoms with E-state index in [1.54, 1.807) is 6.20 Å². The molecule has 4 aliphatic rings. The van der Waals surface area contributed by atoms with Crippen LogP contribution in [-0.4, -0.2) is 43.6 Å². The van der Waals surface area contributed by atoms with Crippen LogP contribution in [0.25, 0.3) is 0 Å². The molecule has 2 aromatic heterocycles. The number of aryl methyl sites for hydroxylation is 1. The van der Waals surface area contributed by atoms with Gasteiger partial charge in [0.05, 0.1) is 11.6 Å². The Balaban J connectivity index is 1.32. The summed E-state index contributed by atoms with van der Waals surface area (Å²) in [7, 11) is 1.98. The van der Waals surface area contributed by atoms with Crippen molar-refractivity contribution in [2.45, 2.75) is 30.6 Å². The second-order valence-electron chi connectivity index (χ2n) is 7.76. The molecule has 3 aliphatic carbocycles. The number of anilines is 1. The van der Waals surface area contributed by atoms with Gasteiger partial charge < -0.3 is 10.6 Å². The first kappa shape index (κ1) is 14.9. The molecule has 3 atom stereocenters. The van der Waals surface area contributed by atoms with Crippen LogP contribution < -0.4 is 5.73 Å². The molecule has 1 saturated heterocycles. The smallest absolute Gasteiger partial charge is 0.226 e. The van der Waals surface area contributed by atoms with Crippen molar-refractivity contribution in [1.82, 2.24) is 24.6 Å². The summed E-state index contributed by atoms with van der Waals surface area (Å²) in [5, 5.41) is 4.33. The Morgan fingerprint density at radius 3 is 2.84 bits per heavy atom. The van der Waals surface area contributed by atoms with Crippen molar-refractivity contribution in [3.05, 3.63) is 35.9 Å². The van der Waals surface area contributed by atoms with Gasteiger partial charge in [-0.25, -0.2) is 9.97 Å². The van der Waals surface area contributed by atoms with Crippen molar-refractivity contribution < 1.29 is 4.79 Å². The molecule has 1 amide bonds. The summed E-state index contributed by atoms with van der Waals surface area (Å²) in [4.78, 5) is 23.4. The molecule has 0 spiro atoms. The van der Waals surface area contributed by atoms with Gasteiger partial charge in [-0.05, 0) is 37.3 Å². The number of nitrogens with zero attached hydrogens (tertiary/aromatic N) is 5. The number of likely N-dealkylation sites (tertiary alicyclic amines) is 1. The third-order valence-electron chi connectivity index (χ3n) is 6.56. The minimum atomic E-state index is 0.0113. The Labute approximate surface area is 146 Å². The summed E-state index contributed by atoms with van der Waals surface area (Å²) >= 11 is 0.